The second-order valence-electron chi connectivity index (χ2n) is 8.07. The fraction of sp³-hybridized carbons (Fsp3) is 0.476. The first-order valence-corrected chi connectivity index (χ1v) is 9.88. The first-order valence-electron chi connectivity index (χ1n) is 9.88. The number of benzene rings is 1. The van der Waals surface area contributed by atoms with Crippen LogP contribution in [0.5, 0.6) is 0 Å². The maximum absolute atomic E-state index is 13.0. The van der Waals surface area contributed by atoms with Crippen LogP contribution in [0.3, 0.4) is 0 Å². The second-order valence-corrected chi connectivity index (χ2v) is 8.07. The van der Waals surface area contributed by atoms with Crippen molar-refractivity contribution in [2.24, 2.45) is 5.92 Å². The van der Waals surface area contributed by atoms with Crippen molar-refractivity contribution in [3.05, 3.63) is 53.3 Å². The average Bonchev–Trinajstić information content (AvgIpc) is 3.48. The van der Waals surface area contributed by atoms with Gasteiger partial charge in [-0.1, -0.05) is 30.3 Å². The molecule has 0 unspecified atom stereocenters. The van der Waals surface area contributed by atoms with Crippen LogP contribution in [-0.4, -0.2) is 50.9 Å². The third-order valence-corrected chi connectivity index (χ3v) is 6.11. The molecule has 1 aliphatic carbocycles. The van der Waals surface area contributed by atoms with Gasteiger partial charge in [-0.25, -0.2) is 0 Å². The molecular formula is C21H24N4O2. The molecule has 4 aliphatic rings. The van der Waals surface area contributed by atoms with E-state index in [1.165, 1.54) is 12.8 Å². The molecule has 4 heterocycles. The minimum Gasteiger partial charge on any atom is -0.334 e. The summed E-state index contributed by atoms with van der Waals surface area (Å²) in [5.41, 5.74) is 2.69. The quantitative estimate of drug-likeness (QED) is 0.906. The lowest BCUT2D eigenvalue weighted by atomic mass is 9.93. The van der Waals surface area contributed by atoms with Crippen LogP contribution in [0.4, 0.5) is 0 Å². The summed E-state index contributed by atoms with van der Waals surface area (Å²) >= 11 is 0. The van der Waals surface area contributed by atoms with Crippen LogP contribution in [0.15, 0.2) is 36.4 Å². The molecule has 3 aliphatic heterocycles. The Balaban J connectivity index is 1.35. The van der Waals surface area contributed by atoms with Crippen molar-refractivity contribution in [1.82, 2.24) is 20.0 Å². The van der Waals surface area contributed by atoms with E-state index in [4.69, 9.17) is 0 Å². The van der Waals surface area contributed by atoms with Crippen molar-refractivity contribution in [3.8, 4) is 0 Å². The highest BCUT2D eigenvalue weighted by Crippen LogP contribution is 2.39. The van der Waals surface area contributed by atoms with E-state index in [1.54, 1.807) is 0 Å². The Bertz CT molecular complexity index is 858. The van der Waals surface area contributed by atoms with E-state index in [9.17, 15) is 9.59 Å². The summed E-state index contributed by atoms with van der Waals surface area (Å²) in [5.74, 6) is 0.580. The molecule has 6 rings (SSSR count). The van der Waals surface area contributed by atoms with Crippen LogP contribution in [-0.2, 0) is 11.3 Å². The normalized spacial score (nSPS) is 25.0. The van der Waals surface area contributed by atoms with Crippen molar-refractivity contribution in [2.75, 3.05) is 13.1 Å². The van der Waals surface area contributed by atoms with Gasteiger partial charge in [0.2, 0.25) is 5.91 Å². The number of carbonyl (C=O) groups excluding carboxylic acids is 2. The molecule has 2 bridgehead atoms. The molecule has 1 N–H and O–H groups in total. The predicted molar refractivity (Wildman–Crippen MR) is 100.0 cm³/mol. The summed E-state index contributed by atoms with van der Waals surface area (Å²) in [6, 6.07) is 12.1. The SMILES string of the molecule is O=C(c1cc(C2CC2)[nH]n1)N1C[C@@H]2CC[C@H](C1)N(Cc1ccccc1)C2=O. The van der Waals surface area contributed by atoms with E-state index >= 15 is 0 Å². The number of aromatic amines is 1. The molecule has 2 atom stereocenters. The van der Waals surface area contributed by atoms with Gasteiger partial charge in [-0.15, -0.1) is 0 Å². The van der Waals surface area contributed by atoms with E-state index in [0.717, 1.165) is 24.1 Å². The molecule has 4 fully saturated rings. The average molecular weight is 364 g/mol. The van der Waals surface area contributed by atoms with Gasteiger partial charge in [0, 0.05) is 37.3 Å². The van der Waals surface area contributed by atoms with Gasteiger partial charge < -0.3 is 9.80 Å². The molecule has 3 saturated heterocycles. The number of hydrogen-bond acceptors (Lipinski definition) is 3. The van der Waals surface area contributed by atoms with E-state index in [-0.39, 0.29) is 23.8 Å². The van der Waals surface area contributed by atoms with Crippen molar-refractivity contribution >= 4 is 11.8 Å². The lowest BCUT2D eigenvalue weighted by Crippen LogP contribution is -2.47. The highest BCUT2D eigenvalue weighted by Gasteiger charge is 2.42. The zero-order valence-electron chi connectivity index (χ0n) is 15.3. The molecule has 1 aromatic heterocycles. The van der Waals surface area contributed by atoms with Gasteiger partial charge in [0.05, 0.1) is 5.92 Å². The Labute approximate surface area is 158 Å². The number of nitrogens with one attached hydrogen (secondary N) is 1. The maximum atomic E-state index is 13.0. The number of amides is 2. The molecule has 140 valence electrons. The van der Waals surface area contributed by atoms with Crippen molar-refractivity contribution in [2.45, 2.75) is 44.2 Å². The molecule has 6 nitrogen and oxygen atoms in total. The Hall–Kier alpha value is -2.63. The number of aromatic nitrogens is 2. The highest BCUT2D eigenvalue weighted by atomic mass is 16.2. The van der Waals surface area contributed by atoms with Crippen molar-refractivity contribution in [1.29, 1.82) is 0 Å². The maximum Gasteiger partial charge on any atom is 0.274 e. The number of fused-ring (bicyclic) bond motifs is 4. The van der Waals surface area contributed by atoms with Crippen molar-refractivity contribution in [3.63, 3.8) is 0 Å². The van der Waals surface area contributed by atoms with Crippen molar-refractivity contribution < 1.29 is 9.59 Å². The zero-order chi connectivity index (χ0) is 18.4. The summed E-state index contributed by atoms with van der Waals surface area (Å²) in [6.07, 6.45) is 4.17. The molecule has 2 aromatic rings. The summed E-state index contributed by atoms with van der Waals surface area (Å²) in [4.78, 5) is 29.8. The first kappa shape index (κ1) is 16.5. The number of rotatable bonds is 4. The number of piperidine rings is 1. The van der Waals surface area contributed by atoms with Gasteiger partial charge in [-0.05, 0) is 37.3 Å². The smallest absolute Gasteiger partial charge is 0.274 e. The number of hydrogen-bond donors (Lipinski definition) is 1. The van der Waals surface area contributed by atoms with Gasteiger partial charge in [0.1, 0.15) is 5.69 Å². The van der Waals surface area contributed by atoms with Gasteiger partial charge >= 0.3 is 0 Å². The second kappa shape index (κ2) is 6.51. The van der Waals surface area contributed by atoms with E-state index in [1.807, 2.05) is 34.1 Å². The minimum atomic E-state index is -0.0988. The van der Waals surface area contributed by atoms with Crippen LogP contribution in [0, 0.1) is 5.92 Å². The standard InChI is InChI=1S/C21H24N4O2/c26-20-16-8-9-17(25(20)11-14-4-2-1-3-5-14)13-24(12-16)21(27)19-10-18(22-23-19)15-6-7-15/h1-5,10,15-17H,6-9,11-13H2,(H,22,23)/t16-,17+/m0/s1. The lowest BCUT2D eigenvalue weighted by Gasteiger charge is -2.36. The van der Waals surface area contributed by atoms with Gasteiger partial charge in [0.15, 0.2) is 0 Å². The summed E-state index contributed by atoms with van der Waals surface area (Å²) < 4.78 is 0. The first-order chi connectivity index (χ1) is 13.2. The molecular weight excluding hydrogens is 340 g/mol. The monoisotopic (exact) mass is 364 g/mol. The number of carbonyl (C=O) groups is 2. The predicted octanol–water partition coefficient (Wildman–Crippen LogP) is 2.55. The molecule has 27 heavy (non-hydrogen) atoms. The third-order valence-electron chi connectivity index (χ3n) is 6.11. The summed E-state index contributed by atoms with van der Waals surface area (Å²) in [6.45, 7) is 1.72. The van der Waals surface area contributed by atoms with Crippen LogP contribution in [0.1, 0.15) is 53.3 Å². The highest BCUT2D eigenvalue weighted by molar-refractivity contribution is 5.93. The lowest BCUT2D eigenvalue weighted by molar-refractivity contribution is -0.140. The fourth-order valence-electron chi connectivity index (χ4n) is 4.41. The number of nitrogens with zero attached hydrogens (tertiary/aromatic N) is 3. The Morgan fingerprint density at radius 1 is 1.07 bits per heavy atom. The molecule has 2 amide bonds. The van der Waals surface area contributed by atoms with Gasteiger partial charge in [-0.2, -0.15) is 5.10 Å². The molecule has 1 aromatic carbocycles. The molecule has 6 heteroatoms. The van der Waals surface area contributed by atoms with Crippen LogP contribution in [0.2, 0.25) is 0 Å². The van der Waals surface area contributed by atoms with E-state index in [0.29, 0.717) is 31.2 Å². The van der Waals surface area contributed by atoms with E-state index < -0.39 is 0 Å². The van der Waals surface area contributed by atoms with E-state index in [2.05, 4.69) is 22.3 Å². The summed E-state index contributed by atoms with van der Waals surface area (Å²) in [5, 5.41) is 7.26. The molecule has 1 saturated carbocycles. The Kier molecular flexibility index (Phi) is 3.99. The van der Waals surface area contributed by atoms with Crippen LogP contribution in [0.25, 0.3) is 0 Å². The zero-order valence-corrected chi connectivity index (χ0v) is 15.3. The number of H-pyrrole nitrogens is 1. The minimum absolute atomic E-state index is 0.0515. The summed E-state index contributed by atoms with van der Waals surface area (Å²) in [7, 11) is 0. The van der Waals surface area contributed by atoms with Crippen LogP contribution < -0.4 is 0 Å². The van der Waals surface area contributed by atoms with Gasteiger partial charge in [0.25, 0.3) is 5.91 Å². The molecule has 0 radical (unpaired) electrons. The Morgan fingerprint density at radius 2 is 1.85 bits per heavy atom. The fourth-order valence-corrected chi connectivity index (χ4v) is 4.41. The van der Waals surface area contributed by atoms with Crippen LogP contribution >= 0.6 is 0 Å². The Morgan fingerprint density at radius 3 is 2.63 bits per heavy atom. The third kappa shape index (κ3) is 3.13. The van der Waals surface area contributed by atoms with Gasteiger partial charge in [-0.3, -0.25) is 14.7 Å². The topological polar surface area (TPSA) is 69.3 Å². The molecule has 0 spiro atoms. The largest absolute Gasteiger partial charge is 0.334 e.